The van der Waals surface area contributed by atoms with Gasteiger partial charge >= 0.3 is 0 Å². The first-order chi connectivity index (χ1) is 12.4. The van der Waals surface area contributed by atoms with Crippen LogP contribution in [0.4, 0.5) is 14.5 Å². The molecular weight excluding hydrogens is 384 g/mol. The maximum atomic E-state index is 13.5. The Labute approximate surface area is 156 Å². The highest BCUT2D eigenvalue weighted by atomic mass is 35.5. The number of anilines is 1. The van der Waals surface area contributed by atoms with Crippen LogP contribution in [0.5, 0.6) is 0 Å². The molecule has 0 fully saturated rings. The number of amides is 1. The van der Waals surface area contributed by atoms with Gasteiger partial charge in [-0.15, -0.1) is 10.2 Å². The molecule has 0 aliphatic carbocycles. The Morgan fingerprint density at radius 1 is 1.19 bits per heavy atom. The molecule has 1 amide bonds. The van der Waals surface area contributed by atoms with Crippen LogP contribution < -0.4 is 11.2 Å². The van der Waals surface area contributed by atoms with Crippen LogP contribution in [0.2, 0.25) is 5.02 Å². The number of carbonyl (C=O) groups is 1. The lowest BCUT2D eigenvalue weighted by Gasteiger charge is -2.06. The zero-order valence-electron chi connectivity index (χ0n) is 13.1. The lowest BCUT2D eigenvalue weighted by atomic mass is 10.2. The smallest absolute Gasteiger partial charge is 0.234 e. The van der Waals surface area contributed by atoms with Crippen molar-refractivity contribution in [1.82, 2.24) is 14.9 Å². The molecule has 0 aliphatic heterocycles. The maximum Gasteiger partial charge on any atom is 0.234 e. The molecule has 0 saturated heterocycles. The minimum Gasteiger partial charge on any atom is -0.335 e. The first kappa shape index (κ1) is 18.2. The highest BCUT2D eigenvalue weighted by Crippen LogP contribution is 2.23. The van der Waals surface area contributed by atoms with E-state index >= 15 is 0 Å². The van der Waals surface area contributed by atoms with E-state index in [2.05, 4.69) is 15.5 Å². The highest BCUT2D eigenvalue weighted by molar-refractivity contribution is 7.99. The molecule has 0 saturated carbocycles. The summed E-state index contributed by atoms with van der Waals surface area (Å²) < 4.78 is 27.9. The van der Waals surface area contributed by atoms with Gasteiger partial charge in [0.25, 0.3) is 0 Å². The monoisotopic (exact) mass is 395 g/mol. The van der Waals surface area contributed by atoms with Gasteiger partial charge in [-0.05, 0) is 36.4 Å². The highest BCUT2D eigenvalue weighted by Gasteiger charge is 2.15. The molecule has 1 heterocycles. The maximum absolute atomic E-state index is 13.5. The lowest BCUT2D eigenvalue weighted by molar-refractivity contribution is -0.113. The number of nitrogens with one attached hydrogen (secondary N) is 1. The molecule has 26 heavy (non-hydrogen) atoms. The summed E-state index contributed by atoms with van der Waals surface area (Å²) in [6, 6.07) is 9.68. The second-order valence-electron chi connectivity index (χ2n) is 5.14. The van der Waals surface area contributed by atoms with E-state index < -0.39 is 17.5 Å². The van der Waals surface area contributed by atoms with E-state index in [-0.39, 0.29) is 11.4 Å². The van der Waals surface area contributed by atoms with Crippen LogP contribution in [0, 0.1) is 11.6 Å². The molecule has 3 N–H and O–H groups in total. The predicted octanol–water partition coefficient (Wildman–Crippen LogP) is 3.32. The summed E-state index contributed by atoms with van der Waals surface area (Å²) in [5, 5.41) is 11.1. The quantitative estimate of drug-likeness (QED) is 0.511. The normalized spacial score (nSPS) is 10.7. The van der Waals surface area contributed by atoms with Gasteiger partial charge in [-0.3, -0.25) is 4.79 Å². The van der Waals surface area contributed by atoms with Crippen molar-refractivity contribution in [3.63, 3.8) is 0 Å². The second-order valence-corrected chi connectivity index (χ2v) is 6.52. The first-order valence-electron chi connectivity index (χ1n) is 7.28. The third-order valence-corrected chi connectivity index (χ3v) is 4.50. The molecule has 0 aliphatic rings. The zero-order valence-corrected chi connectivity index (χ0v) is 14.7. The molecule has 0 unspecified atom stereocenters. The molecule has 6 nitrogen and oxygen atoms in total. The van der Waals surface area contributed by atoms with Crippen molar-refractivity contribution in [2.24, 2.45) is 0 Å². The van der Waals surface area contributed by atoms with E-state index in [1.165, 1.54) is 4.68 Å². The summed E-state index contributed by atoms with van der Waals surface area (Å²) in [6.45, 7) is 0. The minimum atomic E-state index is -0.725. The molecular formula is C16H12ClF2N5OS. The van der Waals surface area contributed by atoms with E-state index in [0.717, 1.165) is 30.0 Å². The van der Waals surface area contributed by atoms with Gasteiger partial charge in [0, 0.05) is 16.7 Å². The van der Waals surface area contributed by atoms with Gasteiger partial charge in [0.05, 0.1) is 11.4 Å². The Hall–Kier alpha value is -2.65. The Balaban J connectivity index is 1.65. The van der Waals surface area contributed by atoms with Crippen LogP contribution in [0.1, 0.15) is 0 Å². The fraction of sp³-hybridized carbons (Fsp3) is 0.0625. The van der Waals surface area contributed by atoms with E-state index in [4.69, 9.17) is 17.4 Å². The average Bonchev–Trinajstić information content (AvgIpc) is 2.98. The Morgan fingerprint density at radius 2 is 1.92 bits per heavy atom. The van der Waals surface area contributed by atoms with E-state index in [0.29, 0.717) is 21.6 Å². The SMILES string of the molecule is Nn1c(SCC(=O)Nc2cc(F)ccc2F)nnc1-c1ccc(Cl)cc1. The summed E-state index contributed by atoms with van der Waals surface area (Å²) in [5.74, 6) is 4.34. The number of carbonyl (C=O) groups excluding carboxylic acids is 1. The number of hydrogen-bond acceptors (Lipinski definition) is 5. The Morgan fingerprint density at radius 3 is 2.65 bits per heavy atom. The second kappa shape index (κ2) is 7.71. The van der Waals surface area contributed by atoms with Gasteiger partial charge in [0.15, 0.2) is 5.82 Å². The summed E-state index contributed by atoms with van der Waals surface area (Å²) in [5.41, 5.74) is 0.481. The van der Waals surface area contributed by atoms with E-state index in [1.54, 1.807) is 24.3 Å². The first-order valence-corrected chi connectivity index (χ1v) is 8.64. The van der Waals surface area contributed by atoms with Crippen LogP contribution in [-0.4, -0.2) is 26.5 Å². The molecule has 3 aromatic rings. The number of nitrogens with two attached hydrogens (primary N) is 1. The van der Waals surface area contributed by atoms with Gasteiger partial charge in [0.2, 0.25) is 11.1 Å². The van der Waals surface area contributed by atoms with Crippen molar-refractivity contribution in [3.8, 4) is 11.4 Å². The standard InChI is InChI=1S/C16H12ClF2N5OS/c17-10-3-1-9(2-4-10)15-22-23-16(24(15)20)26-8-14(25)21-13-7-11(18)5-6-12(13)19/h1-7H,8,20H2,(H,21,25). The van der Waals surface area contributed by atoms with Crippen molar-refractivity contribution >= 4 is 35.0 Å². The van der Waals surface area contributed by atoms with Crippen molar-refractivity contribution in [2.75, 3.05) is 16.9 Å². The van der Waals surface area contributed by atoms with Crippen LogP contribution in [-0.2, 0) is 4.79 Å². The summed E-state index contributed by atoms with van der Waals surface area (Å²) >= 11 is 6.86. The topological polar surface area (TPSA) is 85.8 Å². The molecule has 0 radical (unpaired) electrons. The number of thioether (sulfide) groups is 1. The van der Waals surface area contributed by atoms with E-state index in [9.17, 15) is 13.6 Å². The predicted molar refractivity (Wildman–Crippen MR) is 96.3 cm³/mol. The molecule has 3 rings (SSSR count). The van der Waals surface area contributed by atoms with Crippen molar-refractivity contribution in [2.45, 2.75) is 5.16 Å². The zero-order chi connectivity index (χ0) is 18.7. The Bertz CT molecular complexity index is 948. The molecule has 0 bridgehead atoms. The number of nitrogens with zero attached hydrogens (tertiary/aromatic N) is 3. The minimum absolute atomic E-state index is 0.105. The lowest BCUT2D eigenvalue weighted by Crippen LogP contribution is -2.17. The molecule has 134 valence electrons. The number of halogens is 3. The van der Waals surface area contributed by atoms with Gasteiger partial charge in [0.1, 0.15) is 11.6 Å². The fourth-order valence-corrected chi connectivity index (χ4v) is 2.86. The third kappa shape index (κ3) is 4.12. The van der Waals surface area contributed by atoms with Gasteiger partial charge in [-0.25, -0.2) is 13.5 Å². The molecule has 0 atom stereocenters. The summed E-state index contributed by atoms with van der Waals surface area (Å²) in [4.78, 5) is 11.9. The van der Waals surface area contributed by atoms with Gasteiger partial charge < -0.3 is 11.2 Å². The van der Waals surface area contributed by atoms with Crippen molar-refractivity contribution in [3.05, 3.63) is 59.1 Å². The third-order valence-electron chi connectivity index (χ3n) is 3.30. The van der Waals surface area contributed by atoms with Gasteiger partial charge in [-0.1, -0.05) is 23.4 Å². The van der Waals surface area contributed by atoms with Crippen LogP contribution in [0.3, 0.4) is 0 Å². The Kier molecular flexibility index (Phi) is 5.38. The average molecular weight is 396 g/mol. The molecule has 2 aromatic carbocycles. The van der Waals surface area contributed by atoms with Crippen LogP contribution >= 0.6 is 23.4 Å². The molecule has 1 aromatic heterocycles. The van der Waals surface area contributed by atoms with Gasteiger partial charge in [-0.2, -0.15) is 0 Å². The van der Waals surface area contributed by atoms with Crippen molar-refractivity contribution in [1.29, 1.82) is 0 Å². The van der Waals surface area contributed by atoms with Crippen molar-refractivity contribution < 1.29 is 13.6 Å². The summed E-state index contributed by atoms with van der Waals surface area (Å²) in [7, 11) is 0. The van der Waals surface area contributed by atoms with Crippen LogP contribution in [0.25, 0.3) is 11.4 Å². The largest absolute Gasteiger partial charge is 0.335 e. The number of benzene rings is 2. The van der Waals surface area contributed by atoms with Crippen LogP contribution in [0.15, 0.2) is 47.6 Å². The molecule has 10 heteroatoms. The summed E-state index contributed by atoms with van der Waals surface area (Å²) in [6.07, 6.45) is 0. The molecule has 0 spiro atoms. The number of rotatable bonds is 5. The fourth-order valence-electron chi connectivity index (χ4n) is 2.08. The van der Waals surface area contributed by atoms with E-state index in [1.807, 2.05) is 0 Å². The number of hydrogen-bond donors (Lipinski definition) is 2. The number of aromatic nitrogens is 3. The number of nitrogen functional groups attached to an aromatic ring is 1.